The summed E-state index contributed by atoms with van der Waals surface area (Å²) >= 11 is 5.67. The van der Waals surface area contributed by atoms with Crippen molar-refractivity contribution >= 4 is 23.2 Å². The number of amides is 1. The zero-order chi connectivity index (χ0) is 13.7. The fourth-order valence-corrected chi connectivity index (χ4v) is 2.22. The van der Waals surface area contributed by atoms with Gasteiger partial charge in [-0.15, -0.1) is 0 Å². The van der Waals surface area contributed by atoms with Crippen molar-refractivity contribution in [1.29, 1.82) is 0 Å². The SMILES string of the molecule is O=C(CN1CCCNCC1)Nc1ccc(F)c(Cl)c1. The molecule has 0 saturated carbocycles. The number of hydrogen-bond donors (Lipinski definition) is 2. The summed E-state index contributed by atoms with van der Waals surface area (Å²) in [6.07, 6.45) is 1.04. The molecule has 0 bridgehead atoms. The van der Waals surface area contributed by atoms with Gasteiger partial charge in [-0.2, -0.15) is 0 Å². The number of nitrogens with zero attached hydrogens (tertiary/aromatic N) is 1. The Bertz CT molecular complexity index is 448. The number of carbonyl (C=O) groups excluding carboxylic acids is 1. The van der Waals surface area contributed by atoms with Crippen molar-refractivity contribution in [3.63, 3.8) is 0 Å². The average molecular weight is 286 g/mol. The lowest BCUT2D eigenvalue weighted by atomic mass is 10.3. The van der Waals surface area contributed by atoms with E-state index < -0.39 is 5.82 Å². The second kappa shape index (κ2) is 6.84. The van der Waals surface area contributed by atoms with Crippen LogP contribution in [0.5, 0.6) is 0 Å². The molecule has 0 radical (unpaired) electrons. The number of carbonyl (C=O) groups is 1. The Morgan fingerprint density at radius 3 is 3.05 bits per heavy atom. The van der Waals surface area contributed by atoms with E-state index in [1.165, 1.54) is 18.2 Å². The molecule has 0 atom stereocenters. The molecule has 1 amide bonds. The van der Waals surface area contributed by atoms with Gasteiger partial charge >= 0.3 is 0 Å². The number of halogens is 2. The third-order valence-electron chi connectivity index (χ3n) is 3.00. The summed E-state index contributed by atoms with van der Waals surface area (Å²) in [7, 11) is 0. The number of hydrogen-bond acceptors (Lipinski definition) is 3. The van der Waals surface area contributed by atoms with E-state index in [0.29, 0.717) is 12.2 Å². The van der Waals surface area contributed by atoms with E-state index >= 15 is 0 Å². The smallest absolute Gasteiger partial charge is 0.238 e. The number of benzene rings is 1. The first-order chi connectivity index (χ1) is 9.15. The molecule has 104 valence electrons. The second-order valence-electron chi connectivity index (χ2n) is 4.56. The second-order valence-corrected chi connectivity index (χ2v) is 4.96. The van der Waals surface area contributed by atoms with Crippen LogP contribution in [-0.2, 0) is 4.79 Å². The van der Waals surface area contributed by atoms with Gasteiger partial charge in [0.2, 0.25) is 5.91 Å². The largest absolute Gasteiger partial charge is 0.325 e. The molecule has 1 fully saturated rings. The summed E-state index contributed by atoms with van der Waals surface area (Å²) in [5.74, 6) is -0.595. The molecule has 1 aliphatic heterocycles. The first-order valence-electron chi connectivity index (χ1n) is 6.33. The lowest BCUT2D eigenvalue weighted by Crippen LogP contribution is -2.35. The summed E-state index contributed by atoms with van der Waals surface area (Å²) in [6, 6.07) is 4.16. The van der Waals surface area contributed by atoms with Crippen molar-refractivity contribution in [2.24, 2.45) is 0 Å². The summed E-state index contributed by atoms with van der Waals surface area (Å²) in [5, 5.41) is 6.02. The van der Waals surface area contributed by atoms with Crippen LogP contribution >= 0.6 is 11.6 Å². The molecule has 1 aromatic rings. The van der Waals surface area contributed by atoms with Gasteiger partial charge in [-0.05, 0) is 37.7 Å². The van der Waals surface area contributed by atoms with Crippen LogP contribution in [0.2, 0.25) is 5.02 Å². The molecule has 0 aromatic heterocycles. The van der Waals surface area contributed by atoms with Crippen LogP contribution < -0.4 is 10.6 Å². The van der Waals surface area contributed by atoms with Gasteiger partial charge in [0, 0.05) is 18.8 Å². The Balaban J connectivity index is 1.87. The van der Waals surface area contributed by atoms with Gasteiger partial charge < -0.3 is 10.6 Å². The molecule has 0 unspecified atom stereocenters. The van der Waals surface area contributed by atoms with Crippen molar-refractivity contribution in [3.8, 4) is 0 Å². The van der Waals surface area contributed by atoms with Gasteiger partial charge in [0.1, 0.15) is 5.82 Å². The van der Waals surface area contributed by atoms with Crippen molar-refractivity contribution in [3.05, 3.63) is 29.0 Å². The molecule has 1 saturated heterocycles. The van der Waals surface area contributed by atoms with Crippen LogP contribution in [0.25, 0.3) is 0 Å². The van der Waals surface area contributed by atoms with Gasteiger partial charge in [0.15, 0.2) is 0 Å². The molecule has 0 aliphatic carbocycles. The molecule has 6 heteroatoms. The molecule has 19 heavy (non-hydrogen) atoms. The summed E-state index contributed by atoms with van der Waals surface area (Å²) in [4.78, 5) is 14.0. The summed E-state index contributed by atoms with van der Waals surface area (Å²) < 4.78 is 13.0. The van der Waals surface area contributed by atoms with Crippen LogP contribution in [0, 0.1) is 5.82 Å². The number of rotatable bonds is 3. The van der Waals surface area contributed by atoms with E-state index in [1.54, 1.807) is 0 Å². The minimum Gasteiger partial charge on any atom is -0.325 e. The average Bonchev–Trinajstić information content (AvgIpc) is 2.62. The lowest BCUT2D eigenvalue weighted by molar-refractivity contribution is -0.117. The van der Waals surface area contributed by atoms with Gasteiger partial charge in [-0.3, -0.25) is 9.69 Å². The zero-order valence-corrected chi connectivity index (χ0v) is 11.3. The Morgan fingerprint density at radius 2 is 2.26 bits per heavy atom. The monoisotopic (exact) mass is 285 g/mol. The Morgan fingerprint density at radius 1 is 1.42 bits per heavy atom. The molecule has 1 heterocycles. The molecule has 2 rings (SSSR count). The highest BCUT2D eigenvalue weighted by molar-refractivity contribution is 6.31. The van der Waals surface area contributed by atoms with E-state index in [1.807, 2.05) is 0 Å². The lowest BCUT2D eigenvalue weighted by Gasteiger charge is -2.18. The Hall–Kier alpha value is -1.17. The highest BCUT2D eigenvalue weighted by atomic mass is 35.5. The summed E-state index contributed by atoms with van der Waals surface area (Å²) in [5.41, 5.74) is 0.518. The first kappa shape index (κ1) is 14.2. The Labute approximate surface area is 116 Å². The van der Waals surface area contributed by atoms with Gasteiger partial charge in [-0.1, -0.05) is 11.6 Å². The van der Waals surface area contributed by atoms with Gasteiger partial charge in [-0.25, -0.2) is 4.39 Å². The zero-order valence-electron chi connectivity index (χ0n) is 10.6. The van der Waals surface area contributed by atoms with Crippen LogP contribution in [0.3, 0.4) is 0 Å². The molecule has 2 N–H and O–H groups in total. The molecule has 1 aliphatic rings. The van der Waals surface area contributed by atoms with Gasteiger partial charge in [0.25, 0.3) is 0 Å². The maximum Gasteiger partial charge on any atom is 0.238 e. The third-order valence-corrected chi connectivity index (χ3v) is 3.29. The quantitative estimate of drug-likeness (QED) is 0.889. The van der Waals surface area contributed by atoms with Crippen LogP contribution in [0.4, 0.5) is 10.1 Å². The normalized spacial score (nSPS) is 16.9. The predicted molar refractivity (Wildman–Crippen MR) is 74.0 cm³/mol. The predicted octanol–water partition coefficient (Wildman–Crippen LogP) is 1.71. The van der Waals surface area contributed by atoms with Crippen LogP contribution in [0.1, 0.15) is 6.42 Å². The number of nitrogens with one attached hydrogen (secondary N) is 2. The third kappa shape index (κ3) is 4.45. The van der Waals surface area contributed by atoms with Crippen LogP contribution in [-0.4, -0.2) is 43.5 Å². The van der Waals surface area contributed by atoms with E-state index in [2.05, 4.69) is 15.5 Å². The van der Waals surface area contributed by atoms with Crippen molar-refractivity contribution in [1.82, 2.24) is 10.2 Å². The minimum atomic E-state index is -0.488. The topological polar surface area (TPSA) is 44.4 Å². The standard InChI is InChI=1S/C13H17ClFN3O/c14-11-8-10(2-3-12(11)15)17-13(19)9-18-6-1-4-16-5-7-18/h2-3,8,16H,1,4-7,9H2,(H,17,19). The van der Waals surface area contributed by atoms with Gasteiger partial charge in [0.05, 0.1) is 11.6 Å². The highest BCUT2D eigenvalue weighted by Crippen LogP contribution is 2.19. The van der Waals surface area contributed by atoms with Crippen LogP contribution in [0.15, 0.2) is 18.2 Å². The summed E-state index contributed by atoms with van der Waals surface area (Å²) in [6.45, 7) is 4.00. The molecule has 0 spiro atoms. The van der Waals surface area contributed by atoms with Crippen molar-refractivity contribution in [2.45, 2.75) is 6.42 Å². The van der Waals surface area contributed by atoms with E-state index in [4.69, 9.17) is 11.6 Å². The first-order valence-corrected chi connectivity index (χ1v) is 6.71. The fraction of sp³-hybridized carbons (Fsp3) is 0.462. The highest BCUT2D eigenvalue weighted by Gasteiger charge is 2.13. The fourth-order valence-electron chi connectivity index (χ4n) is 2.04. The molecule has 4 nitrogen and oxygen atoms in total. The van der Waals surface area contributed by atoms with Crippen molar-refractivity contribution < 1.29 is 9.18 Å². The van der Waals surface area contributed by atoms with E-state index in [0.717, 1.165) is 32.6 Å². The maximum absolute atomic E-state index is 13.0. The molecule has 1 aromatic carbocycles. The number of anilines is 1. The Kier molecular flexibility index (Phi) is 5.13. The van der Waals surface area contributed by atoms with E-state index in [9.17, 15) is 9.18 Å². The minimum absolute atomic E-state index is 0.0109. The molecular weight excluding hydrogens is 269 g/mol. The van der Waals surface area contributed by atoms with E-state index in [-0.39, 0.29) is 10.9 Å². The van der Waals surface area contributed by atoms with Crippen molar-refractivity contribution in [2.75, 3.05) is 38.0 Å². The molecular formula is C13H17ClFN3O. The maximum atomic E-state index is 13.0.